The SMILES string of the molecule is Cl.O=C(CCC1CCNCC1)Nc1ccc(C(=O)NCc2ccc(F)cc2)cc1. The highest BCUT2D eigenvalue weighted by Crippen LogP contribution is 2.18. The number of benzene rings is 2. The number of piperidine rings is 1. The Morgan fingerprint density at radius 3 is 2.31 bits per heavy atom. The summed E-state index contributed by atoms with van der Waals surface area (Å²) in [6, 6.07) is 12.8. The molecule has 0 unspecified atom stereocenters. The summed E-state index contributed by atoms with van der Waals surface area (Å²) < 4.78 is 12.9. The predicted octanol–water partition coefficient (Wildman–Crippen LogP) is 3.90. The van der Waals surface area contributed by atoms with Crippen LogP contribution < -0.4 is 16.0 Å². The number of nitrogens with one attached hydrogen (secondary N) is 3. The first-order valence-corrected chi connectivity index (χ1v) is 9.73. The van der Waals surface area contributed by atoms with Crippen molar-refractivity contribution in [1.82, 2.24) is 10.6 Å². The van der Waals surface area contributed by atoms with Gasteiger partial charge >= 0.3 is 0 Å². The molecule has 0 radical (unpaired) electrons. The lowest BCUT2D eigenvalue weighted by Crippen LogP contribution is -2.28. The van der Waals surface area contributed by atoms with Crippen LogP contribution in [0.3, 0.4) is 0 Å². The van der Waals surface area contributed by atoms with Crippen LogP contribution in [0, 0.1) is 11.7 Å². The summed E-state index contributed by atoms with van der Waals surface area (Å²) in [4.78, 5) is 24.3. The fraction of sp³-hybridized carbons (Fsp3) is 0.364. The highest BCUT2D eigenvalue weighted by atomic mass is 35.5. The Kier molecular flexibility index (Phi) is 9.09. The van der Waals surface area contributed by atoms with E-state index in [1.54, 1.807) is 36.4 Å². The average Bonchev–Trinajstić information content (AvgIpc) is 2.73. The average molecular weight is 420 g/mol. The van der Waals surface area contributed by atoms with Crippen LogP contribution in [-0.4, -0.2) is 24.9 Å². The third kappa shape index (κ3) is 7.48. The van der Waals surface area contributed by atoms with Gasteiger partial charge in [-0.3, -0.25) is 9.59 Å². The van der Waals surface area contributed by atoms with Gasteiger partial charge in [-0.1, -0.05) is 12.1 Å². The van der Waals surface area contributed by atoms with Crippen LogP contribution in [-0.2, 0) is 11.3 Å². The molecule has 0 aliphatic carbocycles. The summed E-state index contributed by atoms with van der Waals surface area (Å²) in [6.07, 6.45) is 3.70. The summed E-state index contributed by atoms with van der Waals surface area (Å²) in [5, 5.41) is 9.02. The van der Waals surface area contributed by atoms with E-state index in [1.165, 1.54) is 12.1 Å². The smallest absolute Gasteiger partial charge is 0.251 e. The molecule has 0 spiro atoms. The molecule has 1 aliphatic rings. The van der Waals surface area contributed by atoms with E-state index < -0.39 is 0 Å². The summed E-state index contributed by atoms with van der Waals surface area (Å²) in [7, 11) is 0. The Balaban J connectivity index is 0.00000300. The van der Waals surface area contributed by atoms with Crippen molar-refractivity contribution < 1.29 is 14.0 Å². The largest absolute Gasteiger partial charge is 0.348 e. The monoisotopic (exact) mass is 419 g/mol. The number of anilines is 1. The van der Waals surface area contributed by atoms with Crippen molar-refractivity contribution in [2.75, 3.05) is 18.4 Å². The van der Waals surface area contributed by atoms with Crippen LogP contribution in [0.5, 0.6) is 0 Å². The Morgan fingerprint density at radius 2 is 1.66 bits per heavy atom. The summed E-state index contributed by atoms with van der Waals surface area (Å²) in [5.41, 5.74) is 2.02. The van der Waals surface area contributed by atoms with Gasteiger partial charge in [-0.15, -0.1) is 12.4 Å². The molecule has 1 fully saturated rings. The second kappa shape index (κ2) is 11.5. The van der Waals surface area contributed by atoms with Crippen molar-refractivity contribution in [2.24, 2.45) is 5.92 Å². The highest BCUT2D eigenvalue weighted by Gasteiger charge is 2.14. The van der Waals surface area contributed by atoms with Gasteiger partial charge in [0.05, 0.1) is 0 Å². The molecule has 1 saturated heterocycles. The molecule has 29 heavy (non-hydrogen) atoms. The molecule has 2 aromatic rings. The van der Waals surface area contributed by atoms with Crippen molar-refractivity contribution in [2.45, 2.75) is 32.2 Å². The van der Waals surface area contributed by atoms with Crippen LogP contribution in [0.4, 0.5) is 10.1 Å². The lowest BCUT2D eigenvalue weighted by Gasteiger charge is -2.22. The van der Waals surface area contributed by atoms with Gasteiger partial charge in [-0.2, -0.15) is 0 Å². The van der Waals surface area contributed by atoms with Gasteiger partial charge in [-0.25, -0.2) is 4.39 Å². The lowest BCUT2D eigenvalue weighted by atomic mass is 9.93. The first-order chi connectivity index (χ1) is 13.6. The van der Waals surface area contributed by atoms with Crippen LogP contribution in [0.25, 0.3) is 0 Å². The molecule has 1 heterocycles. The Bertz CT molecular complexity index is 791. The highest BCUT2D eigenvalue weighted by molar-refractivity contribution is 5.95. The molecule has 3 N–H and O–H groups in total. The van der Waals surface area contributed by atoms with Crippen LogP contribution >= 0.6 is 12.4 Å². The number of rotatable bonds is 7. The van der Waals surface area contributed by atoms with Gasteiger partial charge in [-0.05, 0) is 80.2 Å². The Morgan fingerprint density at radius 1 is 1.00 bits per heavy atom. The Hall–Kier alpha value is -2.44. The number of hydrogen-bond acceptors (Lipinski definition) is 3. The van der Waals surface area contributed by atoms with Gasteiger partial charge in [0.1, 0.15) is 5.82 Å². The molecule has 0 bridgehead atoms. The van der Waals surface area contributed by atoms with E-state index in [0.29, 0.717) is 30.1 Å². The van der Waals surface area contributed by atoms with Crippen molar-refractivity contribution in [3.8, 4) is 0 Å². The standard InChI is InChI=1S/C22H26FN3O2.ClH/c23-19-6-1-17(2-7-19)15-25-22(28)18-4-8-20(9-5-18)26-21(27)10-3-16-11-13-24-14-12-16;/h1-2,4-9,16,24H,3,10-15H2,(H,25,28)(H,26,27);1H. The minimum absolute atomic E-state index is 0. The molecule has 0 aromatic heterocycles. The quantitative estimate of drug-likeness (QED) is 0.637. The van der Waals surface area contributed by atoms with Gasteiger partial charge < -0.3 is 16.0 Å². The molecular weight excluding hydrogens is 393 g/mol. The summed E-state index contributed by atoms with van der Waals surface area (Å²) in [5.74, 6) is 0.114. The van der Waals surface area contributed by atoms with Gasteiger partial charge in [0.25, 0.3) is 5.91 Å². The van der Waals surface area contributed by atoms with E-state index in [-0.39, 0.29) is 30.0 Å². The van der Waals surface area contributed by atoms with Crippen molar-refractivity contribution in [3.05, 3.63) is 65.5 Å². The molecular formula is C22H27ClFN3O2. The second-order valence-corrected chi connectivity index (χ2v) is 7.17. The van der Waals surface area contributed by atoms with Crippen molar-refractivity contribution >= 4 is 29.9 Å². The van der Waals surface area contributed by atoms with Crippen molar-refractivity contribution in [3.63, 3.8) is 0 Å². The van der Waals surface area contributed by atoms with Gasteiger partial charge in [0.2, 0.25) is 5.91 Å². The molecule has 2 amide bonds. The number of hydrogen-bond donors (Lipinski definition) is 3. The van der Waals surface area contributed by atoms with E-state index in [9.17, 15) is 14.0 Å². The topological polar surface area (TPSA) is 70.2 Å². The predicted molar refractivity (Wildman–Crippen MR) is 115 cm³/mol. The molecule has 3 rings (SSSR count). The maximum absolute atomic E-state index is 12.9. The number of carbonyl (C=O) groups is 2. The minimum Gasteiger partial charge on any atom is -0.348 e. The third-order valence-electron chi connectivity index (χ3n) is 5.04. The normalized spacial score (nSPS) is 14.0. The van der Waals surface area contributed by atoms with Crippen LogP contribution in [0.15, 0.2) is 48.5 Å². The maximum atomic E-state index is 12.9. The van der Waals surface area contributed by atoms with Gasteiger partial charge in [0.15, 0.2) is 0 Å². The van der Waals surface area contributed by atoms with E-state index in [2.05, 4.69) is 16.0 Å². The molecule has 7 heteroatoms. The molecule has 5 nitrogen and oxygen atoms in total. The summed E-state index contributed by atoms with van der Waals surface area (Å²) in [6.45, 7) is 2.40. The fourth-order valence-corrected chi connectivity index (χ4v) is 3.32. The van der Waals surface area contributed by atoms with E-state index in [1.807, 2.05) is 0 Å². The fourth-order valence-electron chi connectivity index (χ4n) is 3.32. The second-order valence-electron chi connectivity index (χ2n) is 7.17. The van der Waals surface area contributed by atoms with E-state index in [4.69, 9.17) is 0 Å². The summed E-state index contributed by atoms with van der Waals surface area (Å²) >= 11 is 0. The molecule has 0 saturated carbocycles. The number of carbonyl (C=O) groups excluding carboxylic acids is 2. The molecule has 0 atom stereocenters. The zero-order valence-corrected chi connectivity index (χ0v) is 17.1. The number of halogens is 2. The lowest BCUT2D eigenvalue weighted by molar-refractivity contribution is -0.116. The van der Waals surface area contributed by atoms with E-state index in [0.717, 1.165) is 37.9 Å². The molecule has 156 valence electrons. The first-order valence-electron chi connectivity index (χ1n) is 9.73. The van der Waals surface area contributed by atoms with Crippen molar-refractivity contribution in [1.29, 1.82) is 0 Å². The van der Waals surface area contributed by atoms with E-state index >= 15 is 0 Å². The van der Waals surface area contributed by atoms with Crippen LogP contribution in [0.2, 0.25) is 0 Å². The number of amides is 2. The minimum atomic E-state index is -0.302. The zero-order valence-electron chi connectivity index (χ0n) is 16.2. The van der Waals surface area contributed by atoms with Crippen LogP contribution in [0.1, 0.15) is 41.6 Å². The molecule has 1 aliphatic heterocycles. The Labute approximate surface area is 176 Å². The first kappa shape index (κ1) is 22.8. The maximum Gasteiger partial charge on any atom is 0.251 e. The zero-order chi connectivity index (χ0) is 19.8. The van der Waals surface area contributed by atoms with Gasteiger partial charge in [0, 0.05) is 24.2 Å². The third-order valence-corrected chi connectivity index (χ3v) is 5.04. The molecule has 2 aromatic carbocycles.